The predicted octanol–water partition coefficient (Wildman–Crippen LogP) is 1.64. The number of rotatable bonds is 4. The fourth-order valence-electron chi connectivity index (χ4n) is 1.27. The molecule has 0 aliphatic carbocycles. The van der Waals surface area contributed by atoms with E-state index < -0.39 is 5.79 Å². The maximum Gasteiger partial charge on any atom is 0.252 e. The van der Waals surface area contributed by atoms with Gasteiger partial charge in [-0.05, 0) is 6.92 Å². The molecule has 0 radical (unpaired) electrons. The van der Waals surface area contributed by atoms with Gasteiger partial charge in [-0.25, -0.2) is 0 Å². The van der Waals surface area contributed by atoms with Gasteiger partial charge in [0.1, 0.15) is 0 Å². The van der Waals surface area contributed by atoms with Crippen LogP contribution in [-0.2, 0) is 20.1 Å². The Morgan fingerprint density at radius 1 is 1.14 bits per heavy atom. The lowest BCUT2D eigenvalue weighted by atomic mass is 10.1. The highest BCUT2D eigenvalue weighted by Crippen LogP contribution is 2.23. The summed E-state index contributed by atoms with van der Waals surface area (Å²) in [5.74, 6) is -1.27. The molecule has 1 aromatic rings. The zero-order valence-electron chi connectivity index (χ0n) is 8.61. The molecule has 0 saturated carbocycles. The summed E-state index contributed by atoms with van der Waals surface area (Å²) in [6.07, 6.45) is 0.650. The molecule has 0 aromatic heterocycles. The molecular formula is C11H14O3. The summed E-state index contributed by atoms with van der Waals surface area (Å²) in [7, 11) is 2.88. The van der Waals surface area contributed by atoms with Gasteiger partial charge in [-0.2, -0.15) is 0 Å². The molecule has 14 heavy (non-hydrogen) atoms. The summed E-state index contributed by atoms with van der Waals surface area (Å²) >= 11 is 0. The Balaban J connectivity index is 3.11. The van der Waals surface area contributed by atoms with Crippen molar-refractivity contribution < 1.29 is 14.3 Å². The first-order valence-corrected chi connectivity index (χ1v) is 4.32. The van der Waals surface area contributed by atoms with E-state index in [2.05, 4.69) is 0 Å². The maximum atomic E-state index is 10.9. The molecule has 0 aliphatic heterocycles. The predicted molar refractivity (Wildman–Crippen MR) is 52.9 cm³/mol. The minimum Gasteiger partial charge on any atom is -0.344 e. The van der Waals surface area contributed by atoms with Crippen molar-refractivity contribution in [2.45, 2.75) is 12.7 Å². The van der Waals surface area contributed by atoms with E-state index in [0.29, 0.717) is 11.8 Å². The number of aldehydes is 1. The molecule has 0 amide bonds. The Kier molecular flexibility index (Phi) is 3.38. The molecule has 0 spiro atoms. The number of carbonyl (C=O) groups excluding carboxylic acids is 1. The normalized spacial score (nSPS) is 11.4. The highest BCUT2D eigenvalue weighted by atomic mass is 16.7. The first-order chi connectivity index (χ1) is 6.68. The second kappa shape index (κ2) is 4.35. The molecule has 0 heterocycles. The molecule has 1 aromatic carbocycles. The van der Waals surface area contributed by atoms with Crippen LogP contribution in [0.5, 0.6) is 0 Å². The number of methoxy groups -OCH3 is 2. The van der Waals surface area contributed by atoms with Gasteiger partial charge in [-0.15, -0.1) is 0 Å². The van der Waals surface area contributed by atoms with Gasteiger partial charge in [-0.3, -0.25) is 4.79 Å². The number of ether oxygens (including phenoxy) is 2. The lowest BCUT2D eigenvalue weighted by molar-refractivity contribution is -0.201. The molecule has 76 valence electrons. The van der Waals surface area contributed by atoms with Crippen LogP contribution in [0.3, 0.4) is 0 Å². The Morgan fingerprint density at radius 2 is 1.64 bits per heavy atom. The van der Waals surface area contributed by atoms with Gasteiger partial charge in [0.15, 0.2) is 6.29 Å². The van der Waals surface area contributed by atoms with Gasteiger partial charge < -0.3 is 9.47 Å². The van der Waals surface area contributed by atoms with Crippen molar-refractivity contribution in [2.75, 3.05) is 14.2 Å². The van der Waals surface area contributed by atoms with Crippen molar-refractivity contribution >= 4 is 6.29 Å². The van der Waals surface area contributed by atoms with Gasteiger partial charge in [0.2, 0.25) is 0 Å². The average molecular weight is 194 g/mol. The van der Waals surface area contributed by atoms with E-state index in [1.165, 1.54) is 14.2 Å². The molecule has 0 N–H and O–H groups in total. The third-order valence-electron chi connectivity index (χ3n) is 2.22. The van der Waals surface area contributed by atoms with Crippen molar-refractivity contribution in [2.24, 2.45) is 0 Å². The summed E-state index contributed by atoms with van der Waals surface area (Å²) in [6, 6.07) is 7.45. The van der Waals surface area contributed by atoms with Crippen LogP contribution in [-0.4, -0.2) is 20.5 Å². The number of benzene rings is 1. The Morgan fingerprint density at radius 3 is 2.00 bits per heavy atom. The Hall–Kier alpha value is -1.19. The van der Waals surface area contributed by atoms with Crippen LogP contribution in [0, 0.1) is 6.92 Å². The molecule has 0 saturated heterocycles. The molecular weight excluding hydrogens is 180 g/mol. The Bertz CT molecular complexity index is 299. The third kappa shape index (κ3) is 1.84. The van der Waals surface area contributed by atoms with Crippen molar-refractivity contribution in [1.29, 1.82) is 0 Å². The molecule has 1 rings (SSSR count). The standard InChI is InChI=1S/C11H14O3/c1-9-4-6-10(7-5-9)11(8-12,13-2)14-3/h4-8H,1-3H3. The number of hydrogen-bond donors (Lipinski definition) is 0. The van der Waals surface area contributed by atoms with Crippen LogP contribution in [0.1, 0.15) is 11.1 Å². The van der Waals surface area contributed by atoms with E-state index in [9.17, 15) is 4.79 Å². The van der Waals surface area contributed by atoms with Crippen LogP contribution in [0.4, 0.5) is 0 Å². The van der Waals surface area contributed by atoms with Crippen LogP contribution in [0.25, 0.3) is 0 Å². The molecule has 3 heteroatoms. The number of hydrogen-bond acceptors (Lipinski definition) is 3. The van der Waals surface area contributed by atoms with E-state index in [4.69, 9.17) is 9.47 Å². The van der Waals surface area contributed by atoms with E-state index in [1.54, 1.807) is 0 Å². The van der Waals surface area contributed by atoms with Gasteiger partial charge in [-0.1, -0.05) is 29.8 Å². The molecule has 3 nitrogen and oxygen atoms in total. The quantitative estimate of drug-likeness (QED) is 0.540. The fourth-order valence-corrected chi connectivity index (χ4v) is 1.27. The second-order valence-electron chi connectivity index (χ2n) is 3.06. The van der Waals surface area contributed by atoms with E-state index >= 15 is 0 Å². The SMILES string of the molecule is COC(C=O)(OC)c1ccc(C)cc1. The monoisotopic (exact) mass is 194 g/mol. The largest absolute Gasteiger partial charge is 0.344 e. The van der Waals surface area contributed by atoms with E-state index in [-0.39, 0.29) is 0 Å². The van der Waals surface area contributed by atoms with Gasteiger partial charge in [0.25, 0.3) is 5.79 Å². The zero-order chi connectivity index (χ0) is 10.6. The number of aryl methyl sites for hydroxylation is 1. The first kappa shape index (κ1) is 10.9. The van der Waals surface area contributed by atoms with Crippen LogP contribution >= 0.6 is 0 Å². The summed E-state index contributed by atoms with van der Waals surface area (Å²) in [6.45, 7) is 1.98. The smallest absolute Gasteiger partial charge is 0.252 e. The second-order valence-corrected chi connectivity index (χ2v) is 3.06. The van der Waals surface area contributed by atoms with Crippen molar-refractivity contribution in [1.82, 2.24) is 0 Å². The Labute approximate surface area is 83.6 Å². The van der Waals surface area contributed by atoms with Gasteiger partial charge >= 0.3 is 0 Å². The van der Waals surface area contributed by atoms with E-state index in [0.717, 1.165) is 5.56 Å². The van der Waals surface area contributed by atoms with Crippen LogP contribution in [0.2, 0.25) is 0 Å². The van der Waals surface area contributed by atoms with Gasteiger partial charge in [0, 0.05) is 19.8 Å². The zero-order valence-corrected chi connectivity index (χ0v) is 8.61. The first-order valence-electron chi connectivity index (χ1n) is 4.32. The molecule has 0 unspecified atom stereocenters. The van der Waals surface area contributed by atoms with Gasteiger partial charge in [0.05, 0.1) is 0 Å². The lowest BCUT2D eigenvalue weighted by Crippen LogP contribution is -2.32. The minimum absolute atomic E-state index is 0.650. The maximum absolute atomic E-state index is 10.9. The van der Waals surface area contributed by atoms with E-state index in [1.807, 2.05) is 31.2 Å². The topological polar surface area (TPSA) is 35.5 Å². The van der Waals surface area contributed by atoms with Crippen molar-refractivity contribution in [3.05, 3.63) is 35.4 Å². The molecule has 0 bridgehead atoms. The van der Waals surface area contributed by atoms with Crippen molar-refractivity contribution in [3.8, 4) is 0 Å². The fraction of sp³-hybridized carbons (Fsp3) is 0.364. The number of carbonyl (C=O) groups is 1. The summed E-state index contributed by atoms with van der Waals surface area (Å²) in [5, 5.41) is 0. The highest BCUT2D eigenvalue weighted by molar-refractivity contribution is 5.63. The summed E-state index contributed by atoms with van der Waals surface area (Å²) in [5.41, 5.74) is 1.82. The summed E-state index contributed by atoms with van der Waals surface area (Å²) < 4.78 is 10.1. The molecule has 0 aliphatic rings. The minimum atomic E-state index is -1.27. The average Bonchev–Trinajstić information content (AvgIpc) is 2.24. The van der Waals surface area contributed by atoms with Crippen LogP contribution in [0.15, 0.2) is 24.3 Å². The summed E-state index contributed by atoms with van der Waals surface area (Å²) in [4.78, 5) is 10.9. The third-order valence-corrected chi connectivity index (χ3v) is 2.22. The lowest BCUT2D eigenvalue weighted by Gasteiger charge is -2.24. The van der Waals surface area contributed by atoms with Crippen molar-refractivity contribution in [3.63, 3.8) is 0 Å². The molecule has 0 fully saturated rings. The highest BCUT2D eigenvalue weighted by Gasteiger charge is 2.31. The van der Waals surface area contributed by atoms with Crippen LogP contribution < -0.4 is 0 Å². The molecule has 0 atom stereocenters.